The summed E-state index contributed by atoms with van der Waals surface area (Å²) in [7, 11) is 0. The smallest absolute Gasteiger partial charge is 0.407 e. The number of benzene rings is 2. The largest absolute Gasteiger partial charge is 0.445 e. The molecular weight excluding hydrogens is 434 g/mol. The van der Waals surface area contributed by atoms with Crippen LogP contribution in [-0.4, -0.2) is 18.6 Å². The van der Waals surface area contributed by atoms with Gasteiger partial charge in [0.05, 0.1) is 11.4 Å². The predicted octanol–water partition coefficient (Wildman–Crippen LogP) is 5.01. The molecule has 1 heterocycles. The Morgan fingerprint density at radius 3 is 2.66 bits per heavy atom. The Kier molecular flexibility index (Phi) is 8.27. The third-order valence-corrected chi connectivity index (χ3v) is 5.01. The molecule has 3 aromatic rings. The lowest BCUT2D eigenvalue weighted by molar-refractivity contribution is -0.134. The number of hydrogen-bond donors (Lipinski definition) is 1. The van der Waals surface area contributed by atoms with Gasteiger partial charge in [0.25, 0.3) is 0 Å². The Bertz CT molecular complexity index is 1140. The van der Waals surface area contributed by atoms with E-state index in [0.29, 0.717) is 11.0 Å². The van der Waals surface area contributed by atoms with Crippen molar-refractivity contribution < 1.29 is 23.5 Å². The highest BCUT2D eigenvalue weighted by molar-refractivity contribution is 6.33. The van der Waals surface area contributed by atoms with E-state index in [1.807, 2.05) is 30.3 Å². The van der Waals surface area contributed by atoms with E-state index in [4.69, 9.17) is 25.5 Å². The van der Waals surface area contributed by atoms with Crippen LogP contribution in [0.15, 0.2) is 57.7 Å². The number of amides is 1. The van der Waals surface area contributed by atoms with E-state index in [1.165, 1.54) is 12.1 Å². The van der Waals surface area contributed by atoms with E-state index in [0.717, 1.165) is 30.4 Å². The number of esters is 1. The van der Waals surface area contributed by atoms with Gasteiger partial charge in [0.15, 0.2) is 5.75 Å². The van der Waals surface area contributed by atoms with Crippen LogP contribution in [0, 0.1) is 0 Å². The molecule has 3 rings (SSSR count). The maximum Gasteiger partial charge on any atom is 0.407 e. The number of halogens is 1. The lowest BCUT2D eigenvalue weighted by Crippen LogP contribution is -2.27. The molecule has 1 N–H and O–H groups in total. The second kappa shape index (κ2) is 11.3. The highest BCUT2D eigenvalue weighted by Gasteiger charge is 2.14. The maximum atomic E-state index is 12.2. The zero-order chi connectivity index (χ0) is 22.9. The summed E-state index contributed by atoms with van der Waals surface area (Å²) in [5.74, 6) is -0.509. The second-order valence-corrected chi connectivity index (χ2v) is 7.59. The molecule has 0 aliphatic rings. The number of ether oxygens (including phenoxy) is 2. The summed E-state index contributed by atoms with van der Waals surface area (Å²) in [6.07, 6.45) is 1.91. The number of nitrogens with one attached hydrogen (secondary N) is 1. The molecule has 32 heavy (non-hydrogen) atoms. The van der Waals surface area contributed by atoms with Crippen molar-refractivity contribution in [3.8, 4) is 5.75 Å². The van der Waals surface area contributed by atoms with E-state index < -0.39 is 17.7 Å². The van der Waals surface area contributed by atoms with Gasteiger partial charge in [-0.1, -0.05) is 55.3 Å². The number of carbonyl (C=O) groups excluding carboxylic acids is 2. The summed E-state index contributed by atoms with van der Waals surface area (Å²) in [6.45, 7) is 2.24. The SMILES string of the molecule is CCCCc1cc(=O)oc2cc(OC(=O)CCNC(=O)OCc3ccccc3)c(Cl)cc12. The number of hydrogen-bond acceptors (Lipinski definition) is 6. The highest BCUT2D eigenvalue weighted by atomic mass is 35.5. The first-order valence-corrected chi connectivity index (χ1v) is 10.8. The minimum Gasteiger partial charge on any atom is -0.445 e. The van der Waals surface area contributed by atoms with Crippen molar-refractivity contribution in [1.82, 2.24) is 5.32 Å². The van der Waals surface area contributed by atoms with Gasteiger partial charge in [-0.15, -0.1) is 0 Å². The average Bonchev–Trinajstić information content (AvgIpc) is 2.77. The van der Waals surface area contributed by atoms with Crippen LogP contribution in [0.3, 0.4) is 0 Å². The van der Waals surface area contributed by atoms with Crippen molar-refractivity contribution >= 4 is 34.6 Å². The normalized spacial score (nSPS) is 10.7. The van der Waals surface area contributed by atoms with E-state index >= 15 is 0 Å². The van der Waals surface area contributed by atoms with Gasteiger partial charge in [0.2, 0.25) is 0 Å². The number of alkyl carbamates (subject to hydrolysis) is 1. The first-order valence-electron chi connectivity index (χ1n) is 10.4. The molecule has 8 heteroatoms. The number of aryl methyl sites for hydroxylation is 1. The lowest BCUT2D eigenvalue weighted by atomic mass is 10.0. The zero-order valence-electron chi connectivity index (χ0n) is 17.7. The maximum absolute atomic E-state index is 12.2. The molecule has 7 nitrogen and oxygen atoms in total. The molecule has 0 fully saturated rings. The zero-order valence-corrected chi connectivity index (χ0v) is 18.4. The van der Waals surface area contributed by atoms with Crippen LogP contribution in [-0.2, 0) is 22.6 Å². The van der Waals surface area contributed by atoms with Crippen molar-refractivity contribution in [2.24, 2.45) is 0 Å². The first-order chi connectivity index (χ1) is 15.5. The Balaban J connectivity index is 1.55. The van der Waals surface area contributed by atoms with Crippen LogP contribution in [0.5, 0.6) is 5.75 Å². The fourth-order valence-electron chi connectivity index (χ4n) is 3.09. The van der Waals surface area contributed by atoms with Gasteiger partial charge < -0.3 is 19.2 Å². The molecule has 0 radical (unpaired) electrons. The Morgan fingerprint density at radius 1 is 1.12 bits per heavy atom. The van der Waals surface area contributed by atoms with Gasteiger partial charge in [0, 0.05) is 24.1 Å². The van der Waals surface area contributed by atoms with Crippen molar-refractivity contribution in [2.45, 2.75) is 39.2 Å². The third kappa shape index (κ3) is 6.59. The van der Waals surface area contributed by atoms with Crippen LogP contribution in [0.1, 0.15) is 37.3 Å². The van der Waals surface area contributed by atoms with Crippen LogP contribution >= 0.6 is 11.6 Å². The number of carbonyl (C=O) groups is 2. The highest BCUT2D eigenvalue weighted by Crippen LogP contribution is 2.32. The van der Waals surface area contributed by atoms with E-state index in [-0.39, 0.29) is 30.3 Å². The summed E-state index contributed by atoms with van der Waals surface area (Å²) >= 11 is 6.29. The van der Waals surface area contributed by atoms with Crippen molar-refractivity contribution in [2.75, 3.05) is 6.54 Å². The molecule has 0 bridgehead atoms. The molecule has 0 saturated heterocycles. The molecule has 168 valence electrons. The summed E-state index contributed by atoms with van der Waals surface area (Å²) in [5, 5.41) is 3.44. The fraction of sp³-hybridized carbons (Fsp3) is 0.292. The van der Waals surface area contributed by atoms with Crippen LogP contribution in [0.4, 0.5) is 4.79 Å². The molecule has 2 aromatic carbocycles. The topological polar surface area (TPSA) is 94.8 Å². The quantitative estimate of drug-likeness (QED) is 0.275. The Labute approximate surface area is 190 Å². The molecule has 0 unspecified atom stereocenters. The predicted molar refractivity (Wildman–Crippen MR) is 121 cm³/mol. The third-order valence-electron chi connectivity index (χ3n) is 4.72. The summed E-state index contributed by atoms with van der Waals surface area (Å²) in [6, 6.07) is 13.8. The van der Waals surface area contributed by atoms with Crippen LogP contribution < -0.4 is 15.7 Å². The molecule has 0 aliphatic carbocycles. The molecule has 1 amide bonds. The minimum absolute atomic E-state index is 0.0356. The van der Waals surface area contributed by atoms with E-state index in [9.17, 15) is 14.4 Å². The number of rotatable bonds is 9. The van der Waals surface area contributed by atoms with Crippen molar-refractivity contribution in [1.29, 1.82) is 0 Å². The van der Waals surface area contributed by atoms with Crippen LogP contribution in [0.25, 0.3) is 11.0 Å². The van der Waals surface area contributed by atoms with Crippen molar-refractivity contribution in [3.63, 3.8) is 0 Å². The number of fused-ring (bicyclic) bond motifs is 1. The van der Waals surface area contributed by atoms with Crippen molar-refractivity contribution in [3.05, 3.63) is 75.1 Å². The Morgan fingerprint density at radius 2 is 1.91 bits per heavy atom. The van der Waals surface area contributed by atoms with Gasteiger partial charge in [-0.2, -0.15) is 0 Å². The average molecular weight is 458 g/mol. The van der Waals surface area contributed by atoms with E-state index in [1.54, 1.807) is 6.07 Å². The molecule has 0 saturated carbocycles. The molecular formula is C24H24ClNO6. The lowest BCUT2D eigenvalue weighted by Gasteiger charge is -2.10. The number of unbranched alkanes of at least 4 members (excludes halogenated alkanes) is 1. The standard InChI is InChI=1S/C24H24ClNO6/c1-2-3-9-17-12-23(28)31-20-14-21(19(25)13-18(17)20)32-22(27)10-11-26-24(29)30-15-16-7-5-4-6-8-16/h4-8,12-14H,2-3,9-11,15H2,1H3,(H,26,29). The molecule has 0 aliphatic heterocycles. The molecule has 0 spiro atoms. The van der Waals surface area contributed by atoms with Gasteiger partial charge in [-0.25, -0.2) is 9.59 Å². The second-order valence-electron chi connectivity index (χ2n) is 7.19. The molecule has 1 aromatic heterocycles. The first kappa shape index (κ1) is 23.3. The van der Waals surface area contributed by atoms with Gasteiger partial charge >= 0.3 is 17.7 Å². The van der Waals surface area contributed by atoms with Crippen LogP contribution in [0.2, 0.25) is 5.02 Å². The summed E-state index contributed by atoms with van der Waals surface area (Å²) in [4.78, 5) is 35.8. The van der Waals surface area contributed by atoms with Gasteiger partial charge in [0.1, 0.15) is 12.2 Å². The fourth-order valence-corrected chi connectivity index (χ4v) is 3.30. The van der Waals surface area contributed by atoms with Gasteiger partial charge in [-0.05, 0) is 30.0 Å². The summed E-state index contributed by atoms with van der Waals surface area (Å²) in [5.41, 5.74) is 1.54. The monoisotopic (exact) mass is 457 g/mol. The van der Waals surface area contributed by atoms with Gasteiger partial charge in [-0.3, -0.25) is 4.79 Å². The van der Waals surface area contributed by atoms with E-state index in [2.05, 4.69) is 12.2 Å². The molecule has 0 atom stereocenters. The summed E-state index contributed by atoms with van der Waals surface area (Å²) < 4.78 is 15.6. The Hall–Kier alpha value is -3.32. The minimum atomic E-state index is -0.633.